The summed E-state index contributed by atoms with van der Waals surface area (Å²) >= 11 is 7.09. The van der Waals surface area contributed by atoms with Crippen LogP contribution in [0.25, 0.3) is 0 Å². The smallest absolute Gasteiger partial charge is 0.0912 e. The third kappa shape index (κ3) is 3.42. The number of hydrogen-bond donors (Lipinski definition) is 1. The summed E-state index contributed by atoms with van der Waals surface area (Å²) in [6.45, 7) is 2.62. The van der Waals surface area contributed by atoms with Gasteiger partial charge in [0.2, 0.25) is 0 Å². The molecule has 0 spiro atoms. The molecule has 6 heteroatoms. The zero-order chi connectivity index (χ0) is 14.1. The van der Waals surface area contributed by atoms with Gasteiger partial charge in [-0.25, -0.2) is 0 Å². The van der Waals surface area contributed by atoms with Crippen molar-refractivity contribution in [2.75, 3.05) is 26.7 Å². The average Bonchev–Trinajstić information content (AvgIpc) is 3.22. The summed E-state index contributed by atoms with van der Waals surface area (Å²) in [5.41, 5.74) is 1.05. The Morgan fingerprint density at radius 2 is 2.25 bits per heavy atom. The van der Waals surface area contributed by atoms with Crippen molar-refractivity contribution in [2.24, 2.45) is 0 Å². The molecule has 0 bridgehead atoms. The van der Waals surface area contributed by atoms with Crippen LogP contribution in [0, 0.1) is 0 Å². The van der Waals surface area contributed by atoms with Gasteiger partial charge in [-0.2, -0.15) is 0 Å². The molecule has 2 atom stereocenters. The Hall–Kier alpha value is -0.0100. The molecule has 1 saturated carbocycles. The van der Waals surface area contributed by atoms with Crippen molar-refractivity contribution in [3.63, 3.8) is 0 Å². The van der Waals surface area contributed by atoms with Crippen LogP contribution in [-0.2, 0) is 4.74 Å². The average molecular weight is 405 g/mol. The number of morpholine rings is 1. The maximum atomic E-state index is 6.00. The molecule has 0 aromatic carbocycles. The Kier molecular flexibility index (Phi) is 4.77. The molecule has 0 amide bonds. The number of likely N-dealkylation sites (N-methyl/N-ethyl adjacent to an activating group) is 1. The van der Waals surface area contributed by atoms with E-state index in [1.807, 2.05) is 6.20 Å². The molecule has 110 valence electrons. The predicted octanol–water partition coefficient (Wildman–Crippen LogP) is 2.73. The molecule has 20 heavy (non-hydrogen) atoms. The van der Waals surface area contributed by atoms with Crippen molar-refractivity contribution in [3.8, 4) is 0 Å². The summed E-state index contributed by atoms with van der Waals surface area (Å²) in [5, 5.41) is 3.57. The molecular formula is C14H19Br2N3O. The highest BCUT2D eigenvalue weighted by Gasteiger charge is 2.35. The molecule has 1 saturated heterocycles. The molecule has 0 radical (unpaired) electrons. The summed E-state index contributed by atoms with van der Waals surface area (Å²) in [5.74, 6) is 0. The highest BCUT2D eigenvalue weighted by Crippen LogP contribution is 2.33. The third-order valence-corrected chi connectivity index (χ3v) is 4.97. The van der Waals surface area contributed by atoms with Crippen molar-refractivity contribution in [1.29, 1.82) is 0 Å². The van der Waals surface area contributed by atoms with Crippen molar-refractivity contribution in [1.82, 2.24) is 15.2 Å². The zero-order valence-corrected chi connectivity index (χ0v) is 14.7. The van der Waals surface area contributed by atoms with E-state index in [0.29, 0.717) is 6.04 Å². The van der Waals surface area contributed by atoms with Gasteiger partial charge in [0, 0.05) is 34.3 Å². The van der Waals surface area contributed by atoms with E-state index in [0.717, 1.165) is 34.3 Å². The first-order valence-electron chi connectivity index (χ1n) is 7.01. The van der Waals surface area contributed by atoms with E-state index >= 15 is 0 Å². The molecule has 1 aromatic rings. The van der Waals surface area contributed by atoms with Gasteiger partial charge in [-0.1, -0.05) is 0 Å². The fourth-order valence-corrected chi connectivity index (χ4v) is 3.85. The van der Waals surface area contributed by atoms with Gasteiger partial charge < -0.3 is 10.1 Å². The highest BCUT2D eigenvalue weighted by molar-refractivity contribution is 9.11. The monoisotopic (exact) mass is 403 g/mol. The van der Waals surface area contributed by atoms with Crippen molar-refractivity contribution >= 4 is 31.9 Å². The van der Waals surface area contributed by atoms with Gasteiger partial charge >= 0.3 is 0 Å². The lowest BCUT2D eigenvalue weighted by Gasteiger charge is -2.39. The fourth-order valence-electron chi connectivity index (χ4n) is 2.63. The molecule has 1 aliphatic carbocycles. The molecule has 4 nitrogen and oxygen atoms in total. The minimum atomic E-state index is 0.152. The van der Waals surface area contributed by atoms with Gasteiger partial charge in [0.05, 0.1) is 24.4 Å². The molecule has 2 aliphatic rings. The quantitative estimate of drug-likeness (QED) is 0.837. The Morgan fingerprint density at radius 3 is 2.95 bits per heavy atom. The zero-order valence-electron chi connectivity index (χ0n) is 11.5. The molecule has 2 fully saturated rings. The van der Waals surface area contributed by atoms with E-state index in [-0.39, 0.29) is 12.1 Å². The van der Waals surface area contributed by atoms with Gasteiger partial charge in [-0.15, -0.1) is 0 Å². The van der Waals surface area contributed by atoms with E-state index in [9.17, 15) is 0 Å². The lowest BCUT2D eigenvalue weighted by Crippen LogP contribution is -2.48. The van der Waals surface area contributed by atoms with E-state index in [2.05, 4.69) is 60.2 Å². The Balaban J connectivity index is 1.80. The minimum Gasteiger partial charge on any atom is -0.374 e. The fraction of sp³-hybridized carbons (Fsp3) is 0.643. The third-order valence-electron chi connectivity index (χ3n) is 3.90. The first kappa shape index (κ1) is 14.9. The lowest BCUT2D eigenvalue weighted by molar-refractivity contribution is -0.0630. The van der Waals surface area contributed by atoms with Crippen LogP contribution in [0.2, 0.25) is 0 Å². The van der Waals surface area contributed by atoms with Crippen LogP contribution in [0.1, 0.15) is 24.6 Å². The summed E-state index contributed by atoms with van der Waals surface area (Å²) < 4.78 is 8.02. The van der Waals surface area contributed by atoms with Crippen LogP contribution in [0.15, 0.2) is 21.2 Å². The van der Waals surface area contributed by atoms with Gasteiger partial charge in [-0.3, -0.25) is 9.88 Å². The second-order valence-electron chi connectivity index (χ2n) is 5.54. The largest absolute Gasteiger partial charge is 0.374 e. The highest BCUT2D eigenvalue weighted by atomic mass is 79.9. The van der Waals surface area contributed by atoms with Crippen LogP contribution in [0.3, 0.4) is 0 Å². The van der Waals surface area contributed by atoms with Crippen molar-refractivity contribution in [2.45, 2.75) is 31.0 Å². The molecule has 3 rings (SSSR count). The molecule has 2 unspecified atom stereocenters. The topological polar surface area (TPSA) is 37.4 Å². The van der Waals surface area contributed by atoms with Gasteiger partial charge in [0.25, 0.3) is 0 Å². The Labute approximate surface area is 136 Å². The van der Waals surface area contributed by atoms with Crippen molar-refractivity contribution in [3.05, 3.63) is 26.9 Å². The second-order valence-corrected chi connectivity index (χ2v) is 7.31. The number of hydrogen-bond acceptors (Lipinski definition) is 4. The first-order valence-corrected chi connectivity index (χ1v) is 8.60. The second kappa shape index (κ2) is 6.40. The van der Waals surface area contributed by atoms with Gasteiger partial charge in [0.15, 0.2) is 0 Å². The maximum Gasteiger partial charge on any atom is 0.0912 e. The number of ether oxygens (including phenoxy) is 1. The molecule has 2 heterocycles. The summed E-state index contributed by atoms with van der Waals surface area (Å²) in [6.07, 6.45) is 4.61. The standard InChI is InChI=1S/C14H19Br2N3O/c1-19-4-5-20-12(8-17-10-2-3-10)14(19)13-11(16)6-9(15)7-18-13/h6-7,10,12,14,17H,2-5,8H2,1H3. The number of nitrogens with zero attached hydrogens (tertiary/aromatic N) is 2. The Bertz CT molecular complexity index is 481. The summed E-state index contributed by atoms with van der Waals surface area (Å²) in [4.78, 5) is 6.94. The number of pyridine rings is 1. The SMILES string of the molecule is CN1CCOC(CNC2CC2)C1c1ncc(Br)cc1Br. The normalized spacial score (nSPS) is 27.8. The lowest BCUT2D eigenvalue weighted by atomic mass is 10.0. The van der Waals surface area contributed by atoms with Crippen molar-refractivity contribution < 1.29 is 4.74 Å². The van der Waals surface area contributed by atoms with E-state index in [1.165, 1.54) is 12.8 Å². The maximum absolute atomic E-state index is 6.00. The van der Waals surface area contributed by atoms with Gasteiger partial charge in [-0.05, 0) is 57.8 Å². The summed E-state index contributed by atoms with van der Waals surface area (Å²) in [7, 11) is 2.15. The van der Waals surface area contributed by atoms with Crippen LogP contribution in [-0.4, -0.2) is 48.8 Å². The minimum absolute atomic E-state index is 0.152. The number of aromatic nitrogens is 1. The summed E-state index contributed by atoms with van der Waals surface area (Å²) in [6, 6.07) is 2.95. The van der Waals surface area contributed by atoms with E-state index in [4.69, 9.17) is 4.74 Å². The van der Waals surface area contributed by atoms with E-state index < -0.39 is 0 Å². The molecule has 1 aliphatic heterocycles. The predicted molar refractivity (Wildman–Crippen MR) is 85.8 cm³/mol. The molecule has 1 N–H and O–H groups in total. The van der Waals surface area contributed by atoms with Gasteiger partial charge in [0.1, 0.15) is 0 Å². The van der Waals surface area contributed by atoms with E-state index in [1.54, 1.807) is 0 Å². The molecule has 1 aromatic heterocycles. The first-order chi connectivity index (χ1) is 9.65. The number of halogens is 2. The van der Waals surface area contributed by atoms with Crippen LogP contribution in [0.5, 0.6) is 0 Å². The van der Waals surface area contributed by atoms with Crippen LogP contribution >= 0.6 is 31.9 Å². The van der Waals surface area contributed by atoms with Crippen LogP contribution < -0.4 is 5.32 Å². The number of rotatable bonds is 4. The molecular weight excluding hydrogens is 386 g/mol. The van der Waals surface area contributed by atoms with Crippen LogP contribution in [0.4, 0.5) is 0 Å². The Morgan fingerprint density at radius 1 is 1.45 bits per heavy atom. The number of nitrogens with one attached hydrogen (secondary N) is 1.